The number of rotatable bonds is 4. The lowest BCUT2D eigenvalue weighted by Gasteiger charge is -2.24. The van der Waals surface area contributed by atoms with Crippen molar-refractivity contribution in [2.75, 3.05) is 0 Å². The fourth-order valence-electron chi connectivity index (χ4n) is 5.14. The Labute approximate surface area is 188 Å². The van der Waals surface area contributed by atoms with E-state index in [9.17, 15) is 0 Å². The third-order valence-electron chi connectivity index (χ3n) is 7.04. The van der Waals surface area contributed by atoms with Crippen molar-refractivity contribution in [3.63, 3.8) is 0 Å². The van der Waals surface area contributed by atoms with Crippen molar-refractivity contribution < 1.29 is 0 Å². The number of hydrogen-bond acceptors (Lipinski definition) is 0. The highest BCUT2D eigenvalue weighted by Crippen LogP contribution is 2.51. The summed E-state index contributed by atoms with van der Waals surface area (Å²) < 4.78 is 0. The Hall–Kier alpha value is -2.86. The molecule has 0 amide bonds. The summed E-state index contributed by atoms with van der Waals surface area (Å²) in [6.07, 6.45) is 15.9. The Morgan fingerprint density at radius 1 is 1.00 bits per heavy atom. The first-order chi connectivity index (χ1) is 14.8. The second-order valence-corrected chi connectivity index (χ2v) is 9.44. The molecule has 0 unspecified atom stereocenters. The molecule has 0 heterocycles. The lowest BCUT2D eigenvalue weighted by molar-refractivity contribution is 0.651. The zero-order valence-electron chi connectivity index (χ0n) is 19.8. The maximum absolute atomic E-state index is 2.37. The molecule has 31 heavy (non-hydrogen) atoms. The van der Waals surface area contributed by atoms with Gasteiger partial charge in [0.25, 0.3) is 0 Å². The highest BCUT2D eigenvalue weighted by Gasteiger charge is 2.38. The second kappa shape index (κ2) is 8.35. The molecule has 0 N–H and O–H groups in total. The van der Waals surface area contributed by atoms with Gasteiger partial charge in [-0.1, -0.05) is 92.3 Å². The van der Waals surface area contributed by atoms with E-state index in [2.05, 4.69) is 114 Å². The maximum atomic E-state index is 2.37. The molecule has 4 rings (SSSR count). The van der Waals surface area contributed by atoms with Crippen LogP contribution >= 0.6 is 0 Å². The molecule has 0 fully saturated rings. The van der Waals surface area contributed by atoms with Gasteiger partial charge in [0.15, 0.2) is 0 Å². The summed E-state index contributed by atoms with van der Waals surface area (Å²) in [6.45, 7) is 13.5. The Kier molecular flexibility index (Phi) is 5.75. The zero-order chi connectivity index (χ0) is 22.2. The number of aryl methyl sites for hydroxylation is 1. The minimum absolute atomic E-state index is 0.102. The van der Waals surface area contributed by atoms with Crippen molar-refractivity contribution >= 4 is 16.7 Å². The SMILES string of the molecule is C/C=C(/C=C\C=C(/C)c1ccc(C)cc1)c1ccc2c(c1C)C1=C(C=CCC1)C2(C)C. The molecule has 2 aromatic rings. The van der Waals surface area contributed by atoms with E-state index < -0.39 is 0 Å². The van der Waals surface area contributed by atoms with Crippen molar-refractivity contribution in [1.82, 2.24) is 0 Å². The third kappa shape index (κ3) is 3.81. The average molecular weight is 407 g/mol. The second-order valence-electron chi connectivity index (χ2n) is 9.44. The van der Waals surface area contributed by atoms with Crippen LogP contribution in [0.5, 0.6) is 0 Å². The number of hydrogen-bond donors (Lipinski definition) is 0. The van der Waals surface area contributed by atoms with E-state index in [0.717, 1.165) is 12.8 Å². The molecular weight excluding hydrogens is 372 g/mol. The lowest BCUT2D eigenvalue weighted by Crippen LogP contribution is -2.16. The first-order valence-electron chi connectivity index (χ1n) is 11.5. The van der Waals surface area contributed by atoms with Crippen LogP contribution in [0.2, 0.25) is 0 Å². The van der Waals surface area contributed by atoms with Gasteiger partial charge in [-0.3, -0.25) is 0 Å². The van der Waals surface area contributed by atoms with Gasteiger partial charge in [-0.05, 0) is 90.6 Å². The largest absolute Gasteiger partial charge is 0.0839 e. The summed E-state index contributed by atoms with van der Waals surface area (Å²) in [5, 5.41) is 0. The molecule has 0 aliphatic heterocycles. The lowest BCUT2D eigenvalue weighted by atomic mass is 9.79. The van der Waals surface area contributed by atoms with E-state index in [-0.39, 0.29) is 5.41 Å². The fourth-order valence-corrected chi connectivity index (χ4v) is 5.14. The van der Waals surface area contributed by atoms with Crippen molar-refractivity contribution in [3.8, 4) is 0 Å². The molecular formula is C31H34. The molecule has 158 valence electrons. The van der Waals surface area contributed by atoms with Gasteiger partial charge in [-0.25, -0.2) is 0 Å². The van der Waals surface area contributed by atoms with Crippen LogP contribution in [-0.2, 0) is 5.41 Å². The van der Waals surface area contributed by atoms with Gasteiger partial charge < -0.3 is 0 Å². The number of fused-ring (bicyclic) bond motifs is 2. The highest BCUT2D eigenvalue weighted by molar-refractivity contribution is 5.88. The molecule has 0 aromatic heterocycles. The predicted molar refractivity (Wildman–Crippen MR) is 137 cm³/mol. The summed E-state index contributed by atoms with van der Waals surface area (Å²) in [7, 11) is 0. The van der Waals surface area contributed by atoms with Gasteiger partial charge in [0, 0.05) is 5.41 Å². The molecule has 2 aliphatic rings. The zero-order valence-corrected chi connectivity index (χ0v) is 19.8. The van der Waals surface area contributed by atoms with Crippen LogP contribution < -0.4 is 0 Å². The van der Waals surface area contributed by atoms with Crippen LogP contribution in [0.1, 0.15) is 73.9 Å². The van der Waals surface area contributed by atoms with Crippen LogP contribution in [0.15, 0.2) is 78.4 Å². The van der Waals surface area contributed by atoms with Gasteiger partial charge in [0.2, 0.25) is 0 Å². The van der Waals surface area contributed by atoms with Gasteiger partial charge >= 0.3 is 0 Å². The Balaban J connectivity index is 1.68. The van der Waals surface area contributed by atoms with Gasteiger partial charge in [-0.15, -0.1) is 0 Å². The first-order valence-corrected chi connectivity index (χ1v) is 11.5. The minimum Gasteiger partial charge on any atom is -0.0839 e. The van der Waals surface area contributed by atoms with Crippen LogP contribution in [0.25, 0.3) is 16.7 Å². The average Bonchev–Trinajstić information content (AvgIpc) is 3.00. The van der Waals surface area contributed by atoms with Crippen molar-refractivity contribution in [1.29, 1.82) is 0 Å². The van der Waals surface area contributed by atoms with Crippen LogP contribution in [0.3, 0.4) is 0 Å². The molecule has 2 aliphatic carbocycles. The van der Waals surface area contributed by atoms with Gasteiger partial charge in [-0.2, -0.15) is 0 Å². The van der Waals surface area contributed by atoms with Crippen LogP contribution in [-0.4, -0.2) is 0 Å². The van der Waals surface area contributed by atoms with Crippen LogP contribution in [0, 0.1) is 13.8 Å². The Morgan fingerprint density at radius 2 is 1.74 bits per heavy atom. The topological polar surface area (TPSA) is 0 Å². The van der Waals surface area contributed by atoms with E-state index in [4.69, 9.17) is 0 Å². The van der Waals surface area contributed by atoms with Crippen molar-refractivity contribution in [3.05, 3.63) is 112 Å². The Bertz CT molecular complexity index is 1160. The fraction of sp³-hybridized carbons (Fsp3) is 0.290. The van der Waals surface area contributed by atoms with Crippen molar-refractivity contribution in [2.45, 2.75) is 59.8 Å². The molecule has 0 nitrogen and oxygen atoms in total. The summed E-state index contributed by atoms with van der Waals surface area (Å²) in [5.41, 5.74) is 14.1. The van der Waals surface area contributed by atoms with E-state index in [1.54, 1.807) is 5.57 Å². The summed E-state index contributed by atoms with van der Waals surface area (Å²) >= 11 is 0. The van der Waals surface area contributed by atoms with Gasteiger partial charge in [0.1, 0.15) is 0 Å². The minimum atomic E-state index is 0.102. The van der Waals surface area contributed by atoms with E-state index in [1.807, 2.05) is 0 Å². The first kappa shape index (κ1) is 21.4. The summed E-state index contributed by atoms with van der Waals surface area (Å²) in [4.78, 5) is 0. The van der Waals surface area contributed by atoms with E-state index in [0.29, 0.717) is 0 Å². The standard InChI is InChI=1S/C31H34/c1-7-24(12-10-11-22(3)25-17-15-21(2)16-18-25)26-19-20-29-30(23(26)4)27-13-8-9-14-28(27)31(29,5)6/h7,9-12,14-20H,8,13H2,1-6H3/b12-10-,22-11+,24-7-. The third-order valence-corrected chi connectivity index (χ3v) is 7.04. The maximum Gasteiger partial charge on any atom is 0.0155 e. The van der Waals surface area contributed by atoms with Gasteiger partial charge in [0.05, 0.1) is 0 Å². The molecule has 2 aromatic carbocycles. The Morgan fingerprint density at radius 3 is 2.45 bits per heavy atom. The van der Waals surface area contributed by atoms with E-state index >= 15 is 0 Å². The van der Waals surface area contributed by atoms with Crippen LogP contribution in [0.4, 0.5) is 0 Å². The molecule has 0 atom stereocenters. The molecule has 0 heteroatoms. The van der Waals surface area contributed by atoms with E-state index in [1.165, 1.54) is 50.1 Å². The highest BCUT2D eigenvalue weighted by atomic mass is 14.4. The molecule has 0 saturated carbocycles. The number of benzene rings is 2. The molecule has 0 saturated heterocycles. The molecule has 0 bridgehead atoms. The number of allylic oxidation sites excluding steroid dienone is 10. The molecule has 0 radical (unpaired) electrons. The quantitative estimate of drug-likeness (QED) is 0.445. The normalized spacial score (nSPS) is 18.0. The predicted octanol–water partition coefficient (Wildman–Crippen LogP) is 8.76. The summed E-state index contributed by atoms with van der Waals surface area (Å²) in [6, 6.07) is 13.4. The molecule has 0 spiro atoms. The van der Waals surface area contributed by atoms with Crippen molar-refractivity contribution in [2.24, 2.45) is 0 Å². The smallest absolute Gasteiger partial charge is 0.0155 e. The monoisotopic (exact) mass is 406 g/mol. The summed E-state index contributed by atoms with van der Waals surface area (Å²) in [5.74, 6) is 0.